The van der Waals surface area contributed by atoms with Crippen LogP contribution in [-0.4, -0.2) is 27.9 Å². The highest BCUT2D eigenvalue weighted by atomic mass is 32.2. The van der Waals surface area contributed by atoms with Gasteiger partial charge in [-0.3, -0.25) is 9.69 Å². The SMILES string of the molecule is O=C(O)COc1ccc(/C=C2/SC(=S)N(c3cccc(F)c3)C2=O)cc1. The summed E-state index contributed by atoms with van der Waals surface area (Å²) < 4.78 is 18.8. The Bertz CT molecular complexity index is 912. The highest BCUT2D eigenvalue weighted by Crippen LogP contribution is 2.36. The Morgan fingerprint density at radius 1 is 1.27 bits per heavy atom. The standard InChI is InChI=1S/C18H12FNO4S2/c19-12-2-1-3-13(9-12)20-17(23)15(26-18(20)25)8-11-4-6-14(7-5-11)24-10-16(21)22/h1-9H,10H2,(H,21,22)/b15-8+. The first-order valence-corrected chi connectivity index (χ1v) is 8.65. The number of benzene rings is 2. The number of hydrogen-bond donors (Lipinski definition) is 1. The molecule has 0 aliphatic carbocycles. The summed E-state index contributed by atoms with van der Waals surface area (Å²) in [5.41, 5.74) is 1.11. The summed E-state index contributed by atoms with van der Waals surface area (Å²) in [4.78, 5) is 24.8. The van der Waals surface area contributed by atoms with E-state index in [9.17, 15) is 14.0 Å². The van der Waals surface area contributed by atoms with E-state index >= 15 is 0 Å². The molecular formula is C18H12FNO4S2. The van der Waals surface area contributed by atoms with Crippen molar-refractivity contribution in [2.75, 3.05) is 11.5 Å². The van der Waals surface area contributed by atoms with Crippen LogP contribution in [0.2, 0.25) is 0 Å². The zero-order chi connectivity index (χ0) is 18.7. The molecule has 2 aromatic carbocycles. The van der Waals surface area contributed by atoms with Gasteiger partial charge >= 0.3 is 5.97 Å². The van der Waals surface area contributed by atoms with Crippen molar-refractivity contribution in [2.24, 2.45) is 0 Å². The summed E-state index contributed by atoms with van der Waals surface area (Å²) in [5, 5.41) is 8.59. The van der Waals surface area contributed by atoms with Gasteiger partial charge in [-0.25, -0.2) is 9.18 Å². The number of carbonyl (C=O) groups is 2. The molecule has 1 saturated heterocycles. The maximum atomic E-state index is 13.4. The summed E-state index contributed by atoms with van der Waals surface area (Å²) in [5.74, 6) is -1.42. The van der Waals surface area contributed by atoms with E-state index in [1.165, 1.54) is 23.1 Å². The Morgan fingerprint density at radius 2 is 2.00 bits per heavy atom. The second kappa shape index (κ2) is 7.67. The average Bonchev–Trinajstić information content (AvgIpc) is 2.88. The summed E-state index contributed by atoms with van der Waals surface area (Å²) in [6, 6.07) is 12.3. The van der Waals surface area contributed by atoms with Crippen LogP contribution in [0, 0.1) is 5.82 Å². The molecule has 0 bridgehead atoms. The molecule has 1 heterocycles. The van der Waals surface area contributed by atoms with E-state index in [1.54, 1.807) is 36.4 Å². The minimum absolute atomic E-state index is 0.322. The molecule has 5 nitrogen and oxygen atoms in total. The monoisotopic (exact) mass is 389 g/mol. The minimum Gasteiger partial charge on any atom is -0.482 e. The van der Waals surface area contributed by atoms with Gasteiger partial charge in [0.25, 0.3) is 5.91 Å². The predicted molar refractivity (Wildman–Crippen MR) is 102 cm³/mol. The van der Waals surface area contributed by atoms with Crippen molar-refractivity contribution < 1.29 is 23.8 Å². The van der Waals surface area contributed by atoms with Gasteiger partial charge in [-0.1, -0.05) is 42.2 Å². The smallest absolute Gasteiger partial charge is 0.341 e. The predicted octanol–water partition coefficient (Wildman–Crippen LogP) is 3.69. The van der Waals surface area contributed by atoms with Crippen LogP contribution in [0.25, 0.3) is 6.08 Å². The van der Waals surface area contributed by atoms with Crippen LogP contribution in [0.5, 0.6) is 5.75 Å². The Morgan fingerprint density at radius 3 is 2.65 bits per heavy atom. The van der Waals surface area contributed by atoms with Crippen LogP contribution in [-0.2, 0) is 9.59 Å². The molecule has 0 atom stereocenters. The number of ether oxygens (including phenoxy) is 1. The van der Waals surface area contributed by atoms with Crippen molar-refractivity contribution >= 4 is 51.9 Å². The molecule has 0 aromatic heterocycles. The van der Waals surface area contributed by atoms with Crippen LogP contribution in [0.3, 0.4) is 0 Å². The zero-order valence-corrected chi connectivity index (χ0v) is 14.8. The molecule has 0 unspecified atom stereocenters. The molecule has 1 aliphatic heterocycles. The number of hydrogen-bond acceptors (Lipinski definition) is 5. The fourth-order valence-corrected chi connectivity index (χ4v) is 3.56. The Hall–Kier alpha value is -2.71. The number of thiocarbonyl (C=S) groups is 1. The van der Waals surface area contributed by atoms with Gasteiger partial charge in [0.05, 0.1) is 10.6 Å². The summed E-state index contributed by atoms with van der Waals surface area (Å²) in [6.07, 6.45) is 1.67. The van der Waals surface area contributed by atoms with E-state index < -0.39 is 18.4 Å². The van der Waals surface area contributed by atoms with Crippen LogP contribution in [0.4, 0.5) is 10.1 Å². The van der Waals surface area contributed by atoms with Gasteiger partial charge in [-0.2, -0.15) is 0 Å². The number of thioether (sulfide) groups is 1. The third kappa shape index (κ3) is 4.09. The first kappa shape index (κ1) is 18.1. The summed E-state index contributed by atoms with van der Waals surface area (Å²) >= 11 is 6.38. The molecule has 2 aromatic rings. The first-order valence-electron chi connectivity index (χ1n) is 7.42. The van der Waals surface area contributed by atoms with E-state index in [4.69, 9.17) is 22.1 Å². The normalized spacial score (nSPS) is 15.6. The molecule has 1 N–H and O–H groups in total. The Kier molecular flexibility index (Phi) is 5.34. The lowest BCUT2D eigenvalue weighted by atomic mass is 10.2. The Labute approximate surface area is 158 Å². The zero-order valence-electron chi connectivity index (χ0n) is 13.2. The fraction of sp³-hybridized carbons (Fsp3) is 0.0556. The van der Waals surface area contributed by atoms with Gasteiger partial charge in [-0.15, -0.1) is 0 Å². The molecule has 26 heavy (non-hydrogen) atoms. The average molecular weight is 389 g/mol. The van der Waals surface area contributed by atoms with Gasteiger partial charge < -0.3 is 9.84 Å². The van der Waals surface area contributed by atoms with E-state index in [1.807, 2.05) is 0 Å². The van der Waals surface area contributed by atoms with Gasteiger partial charge in [0.15, 0.2) is 10.9 Å². The number of carboxylic acid groups (broad SMARTS) is 1. The number of rotatable bonds is 5. The van der Waals surface area contributed by atoms with Crippen molar-refractivity contribution in [3.8, 4) is 5.75 Å². The third-order valence-electron chi connectivity index (χ3n) is 3.40. The molecule has 1 amide bonds. The number of carboxylic acids is 1. The number of halogens is 1. The van der Waals surface area contributed by atoms with E-state index in [0.29, 0.717) is 20.7 Å². The molecule has 1 fully saturated rings. The van der Waals surface area contributed by atoms with Crippen LogP contribution in [0.15, 0.2) is 53.4 Å². The lowest BCUT2D eigenvalue weighted by molar-refractivity contribution is -0.139. The van der Waals surface area contributed by atoms with E-state index in [2.05, 4.69) is 0 Å². The van der Waals surface area contributed by atoms with Crippen molar-refractivity contribution in [1.82, 2.24) is 0 Å². The highest BCUT2D eigenvalue weighted by Gasteiger charge is 2.33. The number of anilines is 1. The molecule has 0 saturated carbocycles. The number of amides is 1. The largest absolute Gasteiger partial charge is 0.482 e. The highest BCUT2D eigenvalue weighted by molar-refractivity contribution is 8.27. The fourth-order valence-electron chi connectivity index (χ4n) is 2.26. The molecule has 0 radical (unpaired) electrons. The Balaban J connectivity index is 1.78. The maximum Gasteiger partial charge on any atom is 0.341 e. The van der Waals surface area contributed by atoms with Crippen molar-refractivity contribution in [3.63, 3.8) is 0 Å². The first-order chi connectivity index (χ1) is 12.4. The molecule has 0 spiro atoms. The second-order valence-electron chi connectivity index (χ2n) is 5.25. The van der Waals surface area contributed by atoms with Gasteiger partial charge in [-0.05, 0) is 42.0 Å². The lowest BCUT2D eigenvalue weighted by Gasteiger charge is -2.14. The lowest BCUT2D eigenvalue weighted by Crippen LogP contribution is -2.27. The van der Waals surface area contributed by atoms with Gasteiger partial charge in [0, 0.05) is 0 Å². The van der Waals surface area contributed by atoms with Gasteiger partial charge in [0.1, 0.15) is 11.6 Å². The second-order valence-corrected chi connectivity index (χ2v) is 6.92. The van der Waals surface area contributed by atoms with Crippen LogP contribution in [0.1, 0.15) is 5.56 Å². The van der Waals surface area contributed by atoms with E-state index in [-0.39, 0.29) is 5.91 Å². The number of carbonyl (C=O) groups excluding carboxylic acids is 1. The number of aliphatic carboxylic acids is 1. The molecule has 132 valence electrons. The third-order valence-corrected chi connectivity index (χ3v) is 4.70. The maximum absolute atomic E-state index is 13.4. The van der Waals surface area contributed by atoms with Crippen LogP contribution < -0.4 is 9.64 Å². The van der Waals surface area contributed by atoms with Crippen LogP contribution >= 0.6 is 24.0 Å². The minimum atomic E-state index is -1.06. The summed E-state index contributed by atoms with van der Waals surface area (Å²) in [7, 11) is 0. The van der Waals surface area contributed by atoms with E-state index in [0.717, 1.165) is 17.3 Å². The number of nitrogens with zero attached hydrogens (tertiary/aromatic N) is 1. The molecule has 3 rings (SSSR count). The quantitative estimate of drug-likeness (QED) is 0.621. The topological polar surface area (TPSA) is 66.8 Å². The van der Waals surface area contributed by atoms with Crippen molar-refractivity contribution in [2.45, 2.75) is 0 Å². The van der Waals surface area contributed by atoms with Crippen molar-refractivity contribution in [3.05, 3.63) is 64.8 Å². The summed E-state index contributed by atoms with van der Waals surface area (Å²) in [6.45, 7) is -0.425. The molecule has 8 heteroatoms. The molecule has 1 aliphatic rings. The molecular weight excluding hydrogens is 377 g/mol. The van der Waals surface area contributed by atoms with Crippen molar-refractivity contribution in [1.29, 1.82) is 0 Å². The van der Waals surface area contributed by atoms with Gasteiger partial charge in [0.2, 0.25) is 0 Å².